The quantitative estimate of drug-likeness (QED) is 0.729. The average molecular weight is 438 g/mol. The summed E-state index contributed by atoms with van der Waals surface area (Å²) < 4.78 is 32.9. The van der Waals surface area contributed by atoms with Crippen molar-refractivity contribution >= 4 is 44.2 Å². The molecule has 0 fully saturated rings. The van der Waals surface area contributed by atoms with Crippen LogP contribution in [0.15, 0.2) is 47.4 Å². The predicted octanol–water partition coefficient (Wildman–Crippen LogP) is 3.43. The Morgan fingerprint density at radius 1 is 1.24 bits per heavy atom. The Labute approximate surface area is 142 Å². The van der Waals surface area contributed by atoms with Gasteiger partial charge in [-0.2, -0.15) is 0 Å². The molecule has 0 amide bonds. The minimum absolute atomic E-state index is 0.186. The molecule has 2 aromatic rings. The molecule has 2 aromatic carbocycles. The average Bonchev–Trinajstić information content (AvgIpc) is 2.45. The van der Waals surface area contributed by atoms with E-state index in [2.05, 4.69) is 4.72 Å². The molecule has 0 unspecified atom stereocenters. The lowest BCUT2D eigenvalue weighted by molar-refractivity contribution is 0.411. The van der Waals surface area contributed by atoms with Crippen molar-refractivity contribution in [1.82, 2.24) is 4.72 Å². The van der Waals surface area contributed by atoms with Gasteiger partial charge in [-0.1, -0.05) is 23.7 Å². The largest absolute Gasteiger partial charge is 0.496 e. The molecule has 0 aliphatic heterocycles. The van der Waals surface area contributed by atoms with Crippen molar-refractivity contribution < 1.29 is 13.2 Å². The highest BCUT2D eigenvalue weighted by Crippen LogP contribution is 2.24. The summed E-state index contributed by atoms with van der Waals surface area (Å²) in [4.78, 5) is 0.203. The second kappa shape index (κ2) is 6.95. The summed E-state index contributed by atoms with van der Waals surface area (Å²) in [6.07, 6.45) is 0. The predicted molar refractivity (Wildman–Crippen MR) is 91.2 cm³/mol. The maximum absolute atomic E-state index is 12.3. The molecule has 2 rings (SSSR count). The zero-order valence-corrected chi connectivity index (χ0v) is 14.9. The molecule has 0 aromatic heterocycles. The van der Waals surface area contributed by atoms with Crippen molar-refractivity contribution in [2.24, 2.45) is 0 Å². The number of benzene rings is 2. The van der Waals surface area contributed by atoms with Crippen molar-refractivity contribution in [3.8, 4) is 5.75 Å². The lowest BCUT2D eigenvalue weighted by Gasteiger charge is -2.09. The third-order valence-electron chi connectivity index (χ3n) is 2.79. The van der Waals surface area contributed by atoms with E-state index >= 15 is 0 Å². The van der Waals surface area contributed by atoms with Gasteiger partial charge in [0.25, 0.3) is 0 Å². The van der Waals surface area contributed by atoms with Crippen molar-refractivity contribution in [3.63, 3.8) is 0 Å². The van der Waals surface area contributed by atoms with E-state index in [0.29, 0.717) is 10.8 Å². The zero-order chi connectivity index (χ0) is 15.5. The smallest absolute Gasteiger partial charge is 0.240 e. The van der Waals surface area contributed by atoms with E-state index in [1.807, 2.05) is 28.7 Å². The SMILES string of the molecule is COc1ccc(S(=O)(=O)NCc2cccc(Cl)c2)cc1I. The van der Waals surface area contributed by atoms with E-state index in [-0.39, 0.29) is 11.4 Å². The number of nitrogens with one attached hydrogen (secondary N) is 1. The van der Waals surface area contributed by atoms with Crippen LogP contribution in [-0.4, -0.2) is 15.5 Å². The fourth-order valence-electron chi connectivity index (χ4n) is 1.72. The topological polar surface area (TPSA) is 55.4 Å². The van der Waals surface area contributed by atoms with Gasteiger partial charge >= 0.3 is 0 Å². The van der Waals surface area contributed by atoms with Gasteiger partial charge in [0.05, 0.1) is 15.6 Å². The first-order valence-electron chi connectivity index (χ1n) is 6.00. The lowest BCUT2D eigenvalue weighted by atomic mass is 10.2. The summed E-state index contributed by atoms with van der Waals surface area (Å²) in [6, 6.07) is 11.8. The van der Waals surface area contributed by atoms with E-state index in [4.69, 9.17) is 16.3 Å². The third-order valence-corrected chi connectivity index (χ3v) is 5.27. The number of hydrogen-bond acceptors (Lipinski definition) is 3. The number of methoxy groups -OCH3 is 1. The van der Waals surface area contributed by atoms with Gasteiger partial charge in [-0.15, -0.1) is 0 Å². The standard InChI is InChI=1S/C14H13ClINO3S/c1-20-14-6-5-12(8-13(14)16)21(18,19)17-9-10-3-2-4-11(15)7-10/h2-8,17H,9H2,1H3. The number of ether oxygens (including phenoxy) is 1. The maximum atomic E-state index is 12.3. The van der Waals surface area contributed by atoms with Gasteiger partial charge in [0.1, 0.15) is 5.75 Å². The molecule has 4 nitrogen and oxygen atoms in total. The molecule has 7 heteroatoms. The first-order valence-corrected chi connectivity index (χ1v) is 8.94. The van der Waals surface area contributed by atoms with Gasteiger partial charge in [0.2, 0.25) is 10.0 Å². The van der Waals surface area contributed by atoms with E-state index in [0.717, 1.165) is 9.13 Å². The van der Waals surface area contributed by atoms with Crippen molar-refractivity contribution in [1.29, 1.82) is 0 Å². The molecular formula is C14H13ClINO3S. The highest BCUT2D eigenvalue weighted by molar-refractivity contribution is 14.1. The van der Waals surface area contributed by atoms with Gasteiger partial charge in [0.15, 0.2) is 0 Å². The molecule has 0 spiro atoms. The van der Waals surface area contributed by atoms with Crippen LogP contribution in [0.1, 0.15) is 5.56 Å². The number of halogens is 2. The van der Waals surface area contributed by atoms with Gasteiger partial charge in [-0.25, -0.2) is 13.1 Å². The Kier molecular flexibility index (Phi) is 5.48. The minimum atomic E-state index is -3.57. The molecule has 0 atom stereocenters. The molecule has 0 aliphatic rings. The fraction of sp³-hybridized carbons (Fsp3) is 0.143. The molecule has 0 saturated heterocycles. The van der Waals surface area contributed by atoms with E-state index < -0.39 is 10.0 Å². The Balaban J connectivity index is 2.17. The monoisotopic (exact) mass is 437 g/mol. The lowest BCUT2D eigenvalue weighted by Crippen LogP contribution is -2.23. The van der Waals surface area contributed by atoms with Crippen molar-refractivity contribution in [2.45, 2.75) is 11.4 Å². The Bertz CT molecular complexity index is 750. The summed E-state index contributed by atoms with van der Waals surface area (Å²) in [5.74, 6) is 0.643. The molecule has 1 N–H and O–H groups in total. The Morgan fingerprint density at radius 2 is 2.00 bits per heavy atom. The summed E-state index contributed by atoms with van der Waals surface area (Å²) in [5.41, 5.74) is 0.800. The Morgan fingerprint density at radius 3 is 2.62 bits per heavy atom. The van der Waals surface area contributed by atoms with Crippen LogP contribution in [0, 0.1) is 3.57 Å². The molecule has 0 bridgehead atoms. The van der Waals surface area contributed by atoms with Gasteiger partial charge in [-0.3, -0.25) is 0 Å². The van der Waals surface area contributed by atoms with Crippen LogP contribution in [-0.2, 0) is 16.6 Å². The van der Waals surface area contributed by atoms with Crippen LogP contribution in [0.25, 0.3) is 0 Å². The van der Waals surface area contributed by atoms with E-state index in [1.165, 1.54) is 6.07 Å². The van der Waals surface area contributed by atoms with Crippen molar-refractivity contribution in [3.05, 3.63) is 56.6 Å². The maximum Gasteiger partial charge on any atom is 0.240 e. The van der Waals surface area contributed by atoms with E-state index in [9.17, 15) is 8.42 Å². The Hall–Kier alpha value is -0.830. The molecule has 112 valence electrons. The number of hydrogen-bond donors (Lipinski definition) is 1. The van der Waals surface area contributed by atoms with Crippen LogP contribution < -0.4 is 9.46 Å². The summed E-state index contributed by atoms with van der Waals surface area (Å²) in [6.45, 7) is 0.186. The molecule has 0 aliphatic carbocycles. The van der Waals surface area contributed by atoms with Crippen LogP contribution in [0.4, 0.5) is 0 Å². The van der Waals surface area contributed by atoms with Crippen LogP contribution in [0.5, 0.6) is 5.75 Å². The van der Waals surface area contributed by atoms with Gasteiger partial charge in [0, 0.05) is 11.6 Å². The molecule has 21 heavy (non-hydrogen) atoms. The second-order valence-electron chi connectivity index (χ2n) is 4.25. The first-order chi connectivity index (χ1) is 9.92. The van der Waals surface area contributed by atoms with Crippen LogP contribution in [0.2, 0.25) is 5.02 Å². The third kappa shape index (κ3) is 4.32. The fourth-order valence-corrected chi connectivity index (χ4v) is 3.93. The number of rotatable bonds is 5. The molecular weight excluding hydrogens is 425 g/mol. The molecule has 0 radical (unpaired) electrons. The highest BCUT2D eigenvalue weighted by Gasteiger charge is 2.15. The van der Waals surface area contributed by atoms with Crippen LogP contribution in [0.3, 0.4) is 0 Å². The van der Waals surface area contributed by atoms with Gasteiger partial charge in [-0.05, 0) is 58.5 Å². The number of sulfonamides is 1. The van der Waals surface area contributed by atoms with Gasteiger partial charge < -0.3 is 4.74 Å². The van der Waals surface area contributed by atoms with Crippen molar-refractivity contribution in [2.75, 3.05) is 7.11 Å². The summed E-state index contributed by atoms with van der Waals surface area (Å²) in [7, 11) is -2.03. The molecule has 0 saturated carbocycles. The van der Waals surface area contributed by atoms with E-state index in [1.54, 1.807) is 37.4 Å². The normalized spacial score (nSPS) is 11.4. The minimum Gasteiger partial charge on any atom is -0.496 e. The first kappa shape index (κ1) is 16.5. The zero-order valence-electron chi connectivity index (χ0n) is 11.1. The highest BCUT2D eigenvalue weighted by atomic mass is 127. The summed E-state index contributed by atoms with van der Waals surface area (Å²) in [5, 5.41) is 0.575. The summed E-state index contributed by atoms with van der Waals surface area (Å²) >= 11 is 7.91. The second-order valence-corrected chi connectivity index (χ2v) is 7.62. The van der Waals surface area contributed by atoms with Crippen LogP contribution >= 0.6 is 34.2 Å². The molecule has 0 heterocycles.